The summed E-state index contributed by atoms with van der Waals surface area (Å²) in [7, 11) is 4.34. The number of benzene rings is 1. The Morgan fingerprint density at radius 1 is 1.11 bits per heavy atom. The quantitative estimate of drug-likeness (QED) is 0.613. The molecule has 0 radical (unpaired) electrons. The maximum atomic E-state index is 13.7. The van der Waals surface area contributed by atoms with Crippen molar-refractivity contribution in [2.75, 3.05) is 33.7 Å². The molecule has 8 heteroatoms. The maximum Gasteiger partial charge on any atom is 0.321 e. The number of carbonyl (C=O) groups excluding carboxylic acids is 2. The van der Waals surface area contributed by atoms with Gasteiger partial charge in [0, 0.05) is 31.0 Å². The van der Waals surface area contributed by atoms with Crippen molar-refractivity contribution in [2.45, 2.75) is 62.6 Å². The summed E-state index contributed by atoms with van der Waals surface area (Å²) in [4.78, 5) is 41.0. The van der Waals surface area contributed by atoms with E-state index in [1.165, 1.54) is 24.8 Å². The molecular weight excluding hydrogens is 452 g/mol. The highest BCUT2D eigenvalue weighted by molar-refractivity contribution is 5.86. The van der Waals surface area contributed by atoms with Gasteiger partial charge in [0.15, 0.2) is 0 Å². The molecule has 3 amide bonds. The lowest BCUT2D eigenvalue weighted by atomic mass is 9.68. The molecule has 8 nitrogen and oxygen atoms in total. The lowest BCUT2D eigenvalue weighted by Crippen LogP contribution is -2.56. The molecule has 1 aromatic carbocycles. The largest absolute Gasteiger partial charge is 0.349 e. The summed E-state index contributed by atoms with van der Waals surface area (Å²) >= 11 is 0. The number of aromatic nitrogens is 2. The van der Waals surface area contributed by atoms with Crippen molar-refractivity contribution in [3.8, 4) is 0 Å². The molecule has 1 saturated heterocycles. The van der Waals surface area contributed by atoms with Gasteiger partial charge in [0.25, 0.3) is 0 Å². The standard InChI is InChI=1S/C28H38N6O2/c1-32(2)28(23-9-4-3-5-10-23)13-11-27(12-14-28)21-33(26(36)34(27)19-22-7-6-8-22)20-25(35)31-18-24-17-29-15-16-30-24/h3-5,9-10,15-17,22H,6-8,11-14,18-21H2,1-2H3,(H,31,35)/t27-,28+. The van der Waals surface area contributed by atoms with Gasteiger partial charge in [-0.1, -0.05) is 36.8 Å². The van der Waals surface area contributed by atoms with Crippen molar-refractivity contribution in [3.63, 3.8) is 0 Å². The van der Waals surface area contributed by atoms with Gasteiger partial charge in [-0.05, 0) is 64.1 Å². The van der Waals surface area contributed by atoms with E-state index < -0.39 is 0 Å². The first-order valence-electron chi connectivity index (χ1n) is 13.2. The average Bonchev–Trinajstić information content (AvgIpc) is 3.11. The summed E-state index contributed by atoms with van der Waals surface area (Å²) in [6, 6.07) is 10.8. The Kier molecular flexibility index (Phi) is 6.97. The van der Waals surface area contributed by atoms with Gasteiger partial charge in [0.1, 0.15) is 6.54 Å². The van der Waals surface area contributed by atoms with Crippen LogP contribution in [0.4, 0.5) is 4.79 Å². The van der Waals surface area contributed by atoms with E-state index in [9.17, 15) is 9.59 Å². The molecule has 3 fully saturated rings. The van der Waals surface area contributed by atoms with Crippen LogP contribution in [0.5, 0.6) is 0 Å². The molecule has 0 unspecified atom stereocenters. The van der Waals surface area contributed by atoms with Crippen LogP contribution in [-0.2, 0) is 16.9 Å². The van der Waals surface area contributed by atoms with E-state index >= 15 is 0 Å². The van der Waals surface area contributed by atoms with Crippen molar-refractivity contribution >= 4 is 11.9 Å². The second-order valence-electron chi connectivity index (χ2n) is 11.0. The van der Waals surface area contributed by atoms with Crippen LogP contribution in [0.3, 0.4) is 0 Å². The minimum atomic E-state index is -0.202. The SMILES string of the molecule is CN(C)[C@]1(c2ccccc2)CC[C@]2(CC1)CN(CC(=O)NCc1cnccn1)C(=O)N2CC1CCC1. The summed E-state index contributed by atoms with van der Waals surface area (Å²) in [5.41, 5.74) is 1.82. The highest BCUT2D eigenvalue weighted by Gasteiger charge is 2.55. The molecule has 0 bridgehead atoms. The predicted molar refractivity (Wildman–Crippen MR) is 138 cm³/mol. The van der Waals surface area contributed by atoms with Crippen LogP contribution in [0.2, 0.25) is 0 Å². The zero-order chi connectivity index (χ0) is 25.2. The number of hydrogen-bond acceptors (Lipinski definition) is 5. The second kappa shape index (κ2) is 10.2. The van der Waals surface area contributed by atoms with Crippen molar-refractivity contribution in [1.29, 1.82) is 0 Å². The third-order valence-electron chi connectivity index (χ3n) is 8.82. The van der Waals surface area contributed by atoms with Crippen LogP contribution in [0.15, 0.2) is 48.9 Å². The highest BCUT2D eigenvalue weighted by atomic mass is 16.2. The van der Waals surface area contributed by atoms with E-state index in [4.69, 9.17) is 0 Å². The summed E-state index contributed by atoms with van der Waals surface area (Å²) < 4.78 is 0. The van der Waals surface area contributed by atoms with E-state index in [0.29, 0.717) is 24.7 Å². The molecule has 2 heterocycles. The molecule has 5 rings (SSSR count). The molecule has 1 aromatic heterocycles. The molecule has 2 aliphatic carbocycles. The zero-order valence-corrected chi connectivity index (χ0v) is 21.5. The third kappa shape index (κ3) is 4.71. The van der Waals surface area contributed by atoms with Crippen molar-refractivity contribution in [1.82, 2.24) is 30.0 Å². The number of nitrogens with one attached hydrogen (secondary N) is 1. The van der Waals surface area contributed by atoms with E-state index in [0.717, 1.165) is 32.2 Å². The van der Waals surface area contributed by atoms with Crippen molar-refractivity contribution in [2.24, 2.45) is 5.92 Å². The third-order valence-corrected chi connectivity index (χ3v) is 8.82. The van der Waals surface area contributed by atoms with Gasteiger partial charge in [-0.15, -0.1) is 0 Å². The molecule has 1 spiro atoms. The number of nitrogens with zero attached hydrogens (tertiary/aromatic N) is 5. The fraction of sp³-hybridized carbons (Fsp3) is 0.571. The summed E-state index contributed by atoms with van der Waals surface area (Å²) in [5, 5.41) is 2.90. The minimum absolute atomic E-state index is 0.0219. The second-order valence-corrected chi connectivity index (χ2v) is 11.0. The fourth-order valence-corrected chi connectivity index (χ4v) is 6.35. The molecule has 1 N–H and O–H groups in total. The number of rotatable bonds is 8. The topological polar surface area (TPSA) is 81.7 Å². The Morgan fingerprint density at radius 3 is 2.47 bits per heavy atom. The molecule has 1 aliphatic heterocycles. The first-order valence-corrected chi connectivity index (χ1v) is 13.2. The fourth-order valence-electron chi connectivity index (χ4n) is 6.35. The molecule has 0 atom stereocenters. The minimum Gasteiger partial charge on any atom is -0.349 e. The first kappa shape index (κ1) is 24.7. The van der Waals surface area contributed by atoms with Crippen molar-refractivity contribution < 1.29 is 9.59 Å². The molecular formula is C28H38N6O2. The molecule has 2 aromatic rings. The molecule has 36 heavy (non-hydrogen) atoms. The number of urea groups is 1. The van der Waals surface area contributed by atoms with Gasteiger partial charge >= 0.3 is 6.03 Å². The molecule has 3 aliphatic rings. The van der Waals surface area contributed by atoms with Gasteiger partial charge in [0.2, 0.25) is 5.91 Å². The number of hydrogen-bond donors (Lipinski definition) is 1. The van der Waals surface area contributed by atoms with Gasteiger partial charge in [-0.2, -0.15) is 0 Å². The normalized spacial score (nSPS) is 26.5. The van der Waals surface area contributed by atoms with E-state index in [1.54, 1.807) is 23.5 Å². The van der Waals surface area contributed by atoms with Gasteiger partial charge in [-0.3, -0.25) is 19.7 Å². The Hall–Kier alpha value is -3.00. The molecule has 192 valence electrons. The van der Waals surface area contributed by atoms with E-state index in [2.05, 4.69) is 69.5 Å². The van der Waals surface area contributed by atoms with Gasteiger partial charge in [-0.25, -0.2) is 4.79 Å². The van der Waals surface area contributed by atoms with Crippen LogP contribution in [0.25, 0.3) is 0 Å². The van der Waals surface area contributed by atoms with E-state index in [1.807, 2.05) is 0 Å². The Bertz CT molecular complexity index is 1050. The first-order chi connectivity index (χ1) is 17.4. The lowest BCUT2D eigenvalue weighted by Gasteiger charge is -2.51. The molecule has 2 saturated carbocycles. The Labute approximate surface area is 214 Å². The zero-order valence-electron chi connectivity index (χ0n) is 21.5. The number of amides is 3. The summed E-state index contributed by atoms with van der Waals surface area (Å²) in [5.74, 6) is 0.434. The monoisotopic (exact) mass is 490 g/mol. The van der Waals surface area contributed by atoms with Crippen LogP contribution in [0.1, 0.15) is 56.2 Å². The van der Waals surface area contributed by atoms with Crippen LogP contribution < -0.4 is 5.32 Å². The van der Waals surface area contributed by atoms with Crippen LogP contribution in [-0.4, -0.2) is 75.9 Å². The smallest absolute Gasteiger partial charge is 0.321 e. The Balaban J connectivity index is 1.30. The Morgan fingerprint density at radius 2 is 1.86 bits per heavy atom. The number of carbonyl (C=O) groups is 2. The average molecular weight is 491 g/mol. The van der Waals surface area contributed by atoms with Crippen LogP contribution in [0, 0.1) is 5.92 Å². The lowest BCUT2D eigenvalue weighted by molar-refractivity contribution is -0.121. The summed E-state index contributed by atoms with van der Waals surface area (Å²) in [6.07, 6.45) is 12.4. The van der Waals surface area contributed by atoms with Crippen LogP contribution >= 0.6 is 0 Å². The highest BCUT2D eigenvalue weighted by Crippen LogP contribution is 2.49. The maximum absolute atomic E-state index is 13.7. The van der Waals surface area contributed by atoms with Gasteiger partial charge < -0.3 is 15.1 Å². The van der Waals surface area contributed by atoms with E-state index in [-0.39, 0.29) is 29.6 Å². The predicted octanol–water partition coefficient (Wildman–Crippen LogP) is 3.40. The van der Waals surface area contributed by atoms with Crippen molar-refractivity contribution in [3.05, 3.63) is 60.2 Å². The summed E-state index contributed by atoms with van der Waals surface area (Å²) in [6.45, 7) is 1.83. The van der Waals surface area contributed by atoms with Gasteiger partial charge in [0.05, 0.1) is 24.0 Å².